The number of hydrogen-bond acceptors (Lipinski definition) is 4. The van der Waals surface area contributed by atoms with Gasteiger partial charge in [0, 0.05) is 13.0 Å². The normalized spacial score (nSPS) is 26.0. The molecule has 1 saturated heterocycles. The Bertz CT molecular complexity index is 514. The first kappa shape index (κ1) is 14.3. The molecule has 0 bridgehead atoms. The molecule has 1 aliphatic heterocycles. The maximum absolute atomic E-state index is 11.0. The molecule has 2 rings (SSSR count). The molecule has 6 nitrogen and oxygen atoms in total. The van der Waals surface area contributed by atoms with Crippen LogP contribution in [0.1, 0.15) is 12.0 Å². The van der Waals surface area contributed by atoms with Crippen LogP contribution in [0.5, 0.6) is 0 Å². The van der Waals surface area contributed by atoms with Crippen molar-refractivity contribution < 1.29 is 19.7 Å². The molecule has 6 heteroatoms. The van der Waals surface area contributed by atoms with Crippen molar-refractivity contribution >= 4 is 6.09 Å². The van der Waals surface area contributed by atoms with E-state index in [9.17, 15) is 9.90 Å². The summed E-state index contributed by atoms with van der Waals surface area (Å²) in [7, 11) is 0. The summed E-state index contributed by atoms with van der Waals surface area (Å²) >= 11 is 0. The van der Waals surface area contributed by atoms with Gasteiger partial charge in [-0.05, 0) is 5.56 Å². The molecule has 106 valence electrons. The predicted octanol–water partition coefficient (Wildman–Crippen LogP) is 1.21. The summed E-state index contributed by atoms with van der Waals surface area (Å²) in [5, 5.41) is 28.3. The summed E-state index contributed by atoms with van der Waals surface area (Å²) in [5.41, 5.74) is -0.735. The molecule has 0 aliphatic carbocycles. The van der Waals surface area contributed by atoms with E-state index in [2.05, 4.69) is 0 Å². The van der Waals surface area contributed by atoms with E-state index in [4.69, 9.17) is 15.1 Å². The molecule has 2 unspecified atom stereocenters. The Morgan fingerprint density at radius 1 is 1.50 bits per heavy atom. The van der Waals surface area contributed by atoms with E-state index in [1.807, 2.05) is 36.4 Å². The molecule has 20 heavy (non-hydrogen) atoms. The molecule has 0 radical (unpaired) electrons. The lowest BCUT2D eigenvalue weighted by molar-refractivity contribution is -0.117. The van der Waals surface area contributed by atoms with Gasteiger partial charge in [-0.3, -0.25) is 0 Å². The number of aliphatic hydroxyl groups is 1. The molecule has 1 aromatic carbocycles. The van der Waals surface area contributed by atoms with Crippen LogP contribution in [0.4, 0.5) is 4.79 Å². The number of rotatable bonds is 3. The lowest BCUT2D eigenvalue weighted by Crippen LogP contribution is -2.56. The van der Waals surface area contributed by atoms with Gasteiger partial charge in [0.15, 0.2) is 5.60 Å². The number of ether oxygens (including phenoxy) is 1. The molecule has 1 fully saturated rings. The van der Waals surface area contributed by atoms with Gasteiger partial charge in [0.1, 0.15) is 12.2 Å². The Hall–Kier alpha value is -2.10. The standard InChI is InChI=1S/C14H16N2O4/c15-10-14(19)6-7-16(13(17)18)8-12(14)20-9-11-4-2-1-3-5-11/h1-5,12,19H,6-9H2,(H,17,18). The van der Waals surface area contributed by atoms with Crippen molar-refractivity contribution in [1.82, 2.24) is 4.90 Å². The van der Waals surface area contributed by atoms with Crippen LogP contribution < -0.4 is 0 Å². The largest absolute Gasteiger partial charge is 0.465 e. The zero-order chi connectivity index (χ0) is 14.6. The first-order valence-electron chi connectivity index (χ1n) is 6.32. The summed E-state index contributed by atoms with van der Waals surface area (Å²) in [6.07, 6.45) is -1.87. The Balaban J connectivity index is 2.05. The van der Waals surface area contributed by atoms with Gasteiger partial charge >= 0.3 is 6.09 Å². The third kappa shape index (κ3) is 3.07. The summed E-state index contributed by atoms with van der Waals surface area (Å²) in [6.45, 7) is 0.347. The van der Waals surface area contributed by atoms with Crippen LogP contribution in [-0.4, -0.2) is 46.0 Å². The molecule has 1 heterocycles. The van der Waals surface area contributed by atoms with Crippen LogP contribution in [0.25, 0.3) is 0 Å². The van der Waals surface area contributed by atoms with Crippen molar-refractivity contribution in [3.8, 4) is 6.07 Å². The van der Waals surface area contributed by atoms with E-state index in [-0.39, 0.29) is 26.1 Å². The van der Waals surface area contributed by atoms with Gasteiger partial charge in [-0.25, -0.2) is 4.79 Å². The Labute approximate surface area is 116 Å². The highest BCUT2D eigenvalue weighted by Crippen LogP contribution is 2.25. The second-order valence-electron chi connectivity index (χ2n) is 4.80. The van der Waals surface area contributed by atoms with E-state index in [0.29, 0.717) is 0 Å². The zero-order valence-corrected chi connectivity index (χ0v) is 10.9. The number of carbonyl (C=O) groups is 1. The first-order chi connectivity index (χ1) is 9.55. The molecule has 0 saturated carbocycles. The maximum atomic E-state index is 11.0. The lowest BCUT2D eigenvalue weighted by Gasteiger charge is -2.39. The number of amides is 1. The molecule has 2 N–H and O–H groups in total. The zero-order valence-electron chi connectivity index (χ0n) is 10.9. The van der Waals surface area contributed by atoms with Crippen LogP contribution in [0.3, 0.4) is 0 Å². The van der Waals surface area contributed by atoms with Crippen molar-refractivity contribution in [3.63, 3.8) is 0 Å². The summed E-state index contributed by atoms with van der Waals surface area (Å²) in [4.78, 5) is 12.1. The van der Waals surface area contributed by atoms with Gasteiger partial charge in [0.25, 0.3) is 0 Å². The number of benzene rings is 1. The van der Waals surface area contributed by atoms with Crippen molar-refractivity contribution in [2.75, 3.05) is 13.1 Å². The number of carboxylic acid groups (broad SMARTS) is 1. The minimum Gasteiger partial charge on any atom is -0.465 e. The van der Waals surface area contributed by atoms with Gasteiger partial charge < -0.3 is 19.8 Å². The molecule has 2 atom stereocenters. The monoisotopic (exact) mass is 276 g/mol. The number of nitrogens with zero attached hydrogens (tertiary/aromatic N) is 2. The number of hydrogen-bond donors (Lipinski definition) is 2. The average molecular weight is 276 g/mol. The van der Waals surface area contributed by atoms with E-state index in [1.165, 1.54) is 0 Å². The molecule has 1 amide bonds. The minimum atomic E-state index is -1.64. The SMILES string of the molecule is N#CC1(O)CCN(C(=O)O)CC1OCc1ccccc1. The quantitative estimate of drug-likeness (QED) is 0.809. The van der Waals surface area contributed by atoms with Crippen molar-refractivity contribution in [3.05, 3.63) is 35.9 Å². The fourth-order valence-corrected chi connectivity index (χ4v) is 2.17. The van der Waals surface area contributed by atoms with Crippen LogP contribution >= 0.6 is 0 Å². The van der Waals surface area contributed by atoms with Gasteiger partial charge in [-0.1, -0.05) is 30.3 Å². The summed E-state index contributed by atoms with van der Waals surface area (Å²) < 4.78 is 5.58. The number of nitriles is 1. The van der Waals surface area contributed by atoms with E-state index in [0.717, 1.165) is 10.5 Å². The van der Waals surface area contributed by atoms with Gasteiger partial charge in [-0.2, -0.15) is 5.26 Å². The minimum absolute atomic E-state index is 0.00771. The smallest absolute Gasteiger partial charge is 0.407 e. The fourth-order valence-electron chi connectivity index (χ4n) is 2.17. The second kappa shape index (κ2) is 5.90. The number of likely N-dealkylation sites (tertiary alicyclic amines) is 1. The predicted molar refractivity (Wildman–Crippen MR) is 69.8 cm³/mol. The van der Waals surface area contributed by atoms with Crippen molar-refractivity contribution in [2.45, 2.75) is 24.7 Å². The van der Waals surface area contributed by atoms with E-state index >= 15 is 0 Å². The molecular formula is C14H16N2O4. The van der Waals surface area contributed by atoms with Crippen molar-refractivity contribution in [2.24, 2.45) is 0 Å². The van der Waals surface area contributed by atoms with Gasteiger partial charge in [-0.15, -0.1) is 0 Å². The molecule has 0 aromatic heterocycles. The van der Waals surface area contributed by atoms with Crippen LogP contribution in [-0.2, 0) is 11.3 Å². The lowest BCUT2D eigenvalue weighted by atomic mass is 9.90. The third-order valence-electron chi connectivity index (χ3n) is 3.44. The molecule has 0 spiro atoms. The topological polar surface area (TPSA) is 93.8 Å². The van der Waals surface area contributed by atoms with Crippen LogP contribution in [0.15, 0.2) is 30.3 Å². The first-order valence-corrected chi connectivity index (χ1v) is 6.32. The number of piperidine rings is 1. The maximum Gasteiger partial charge on any atom is 0.407 e. The molecule has 1 aromatic rings. The molecular weight excluding hydrogens is 260 g/mol. The molecule has 1 aliphatic rings. The Kier molecular flexibility index (Phi) is 4.23. The summed E-state index contributed by atoms with van der Waals surface area (Å²) in [5.74, 6) is 0. The van der Waals surface area contributed by atoms with Crippen LogP contribution in [0, 0.1) is 11.3 Å². The highest BCUT2D eigenvalue weighted by atomic mass is 16.5. The highest BCUT2D eigenvalue weighted by Gasteiger charge is 2.44. The Morgan fingerprint density at radius 3 is 2.80 bits per heavy atom. The van der Waals surface area contributed by atoms with Crippen LogP contribution in [0.2, 0.25) is 0 Å². The van der Waals surface area contributed by atoms with Crippen molar-refractivity contribution in [1.29, 1.82) is 5.26 Å². The fraction of sp³-hybridized carbons (Fsp3) is 0.429. The second-order valence-corrected chi connectivity index (χ2v) is 4.80. The Morgan fingerprint density at radius 2 is 2.20 bits per heavy atom. The summed E-state index contributed by atoms with van der Waals surface area (Å²) in [6, 6.07) is 11.2. The van der Waals surface area contributed by atoms with Gasteiger partial charge in [0.05, 0.1) is 13.2 Å². The average Bonchev–Trinajstić information content (AvgIpc) is 2.47. The third-order valence-corrected chi connectivity index (χ3v) is 3.44. The van der Waals surface area contributed by atoms with E-state index < -0.39 is 17.8 Å². The van der Waals surface area contributed by atoms with Gasteiger partial charge in [0.2, 0.25) is 0 Å². The van der Waals surface area contributed by atoms with E-state index in [1.54, 1.807) is 0 Å². The highest BCUT2D eigenvalue weighted by molar-refractivity contribution is 5.65.